The highest BCUT2D eigenvalue weighted by atomic mass is 32.2. The van der Waals surface area contributed by atoms with Crippen LogP contribution in [0.2, 0.25) is 0 Å². The van der Waals surface area contributed by atoms with Crippen molar-refractivity contribution in [2.45, 2.75) is 22.2 Å². The Morgan fingerprint density at radius 3 is 2.60 bits per heavy atom. The van der Waals surface area contributed by atoms with Crippen molar-refractivity contribution in [1.82, 2.24) is 9.97 Å². The monoisotopic (exact) mass is 305 g/mol. The molecule has 4 nitrogen and oxygen atoms in total. The molecule has 0 aliphatic heterocycles. The molecule has 1 aromatic heterocycles. The fourth-order valence-electron chi connectivity index (χ4n) is 1.54. The Bertz CT molecular complexity index is 578. The van der Waals surface area contributed by atoms with Gasteiger partial charge in [-0.3, -0.25) is 4.79 Å². The number of benzene rings is 1. The first-order chi connectivity index (χ1) is 9.70. The van der Waals surface area contributed by atoms with Gasteiger partial charge in [0.1, 0.15) is 0 Å². The molecule has 0 radical (unpaired) electrons. The molecular formula is C14H15N3OS2. The summed E-state index contributed by atoms with van der Waals surface area (Å²) in [7, 11) is 0. The molecule has 1 aromatic carbocycles. The van der Waals surface area contributed by atoms with Crippen molar-refractivity contribution in [3.63, 3.8) is 0 Å². The van der Waals surface area contributed by atoms with Crippen LogP contribution in [0, 0.1) is 0 Å². The second-order valence-corrected chi connectivity index (χ2v) is 6.14. The smallest absolute Gasteiger partial charge is 0.237 e. The number of hydrogen-bond acceptors (Lipinski definition) is 5. The van der Waals surface area contributed by atoms with Crippen molar-refractivity contribution in [3.8, 4) is 0 Å². The Hall–Kier alpha value is -1.53. The van der Waals surface area contributed by atoms with Gasteiger partial charge in [0.05, 0.1) is 10.9 Å². The second-order valence-electron chi connectivity index (χ2n) is 3.98. The van der Waals surface area contributed by atoms with Gasteiger partial charge < -0.3 is 5.32 Å². The van der Waals surface area contributed by atoms with Gasteiger partial charge in [-0.05, 0) is 31.4 Å². The molecule has 1 amide bonds. The van der Waals surface area contributed by atoms with E-state index in [1.165, 1.54) is 11.8 Å². The van der Waals surface area contributed by atoms with Crippen molar-refractivity contribution in [2.24, 2.45) is 0 Å². The van der Waals surface area contributed by atoms with Gasteiger partial charge in [0.25, 0.3) is 0 Å². The van der Waals surface area contributed by atoms with Crippen LogP contribution in [0.1, 0.15) is 6.92 Å². The van der Waals surface area contributed by atoms with E-state index in [9.17, 15) is 4.79 Å². The number of amides is 1. The molecule has 0 fully saturated rings. The van der Waals surface area contributed by atoms with Gasteiger partial charge in [-0.1, -0.05) is 23.9 Å². The number of thioether (sulfide) groups is 2. The van der Waals surface area contributed by atoms with E-state index in [1.54, 1.807) is 30.2 Å². The number of nitrogens with one attached hydrogen (secondary N) is 1. The van der Waals surface area contributed by atoms with Gasteiger partial charge in [-0.25, -0.2) is 9.97 Å². The van der Waals surface area contributed by atoms with Crippen LogP contribution in [0.3, 0.4) is 0 Å². The highest BCUT2D eigenvalue weighted by Crippen LogP contribution is 2.26. The molecule has 1 N–H and O–H groups in total. The van der Waals surface area contributed by atoms with Gasteiger partial charge in [-0.2, -0.15) is 0 Å². The van der Waals surface area contributed by atoms with Crippen LogP contribution in [0.4, 0.5) is 5.69 Å². The molecule has 1 heterocycles. The predicted octanol–water partition coefficient (Wildman–Crippen LogP) is 3.32. The topological polar surface area (TPSA) is 54.9 Å². The van der Waals surface area contributed by atoms with E-state index in [2.05, 4.69) is 15.3 Å². The molecule has 1 unspecified atom stereocenters. The molecule has 104 valence electrons. The van der Waals surface area contributed by atoms with Crippen molar-refractivity contribution >= 4 is 35.1 Å². The minimum atomic E-state index is -0.257. The lowest BCUT2D eigenvalue weighted by atomic mass is 10.3. The van der Waals surface area contributed by atoms with Crippen molar-refractivity contribution in [2.75, 3.05) is 11.6 Å². The van der Waals surface area contributed by atoms with Crippen LogP contribution in [0.15, 0.2) is 52.8 Å². The Morgan fingerprint density at radius 1 is 1.20 bits per heavy atom. The van der Waals surface area contributed by atoms with E-state index in [0.717, 1.165) is 10.6 Å². The van der Waals surface area contributed by atoms with Gasteiger partial charge in [0.2, 0.25) is 5.91 Å². The summed E-state index contributed by atoms with van der Waals surface area (Å²) in [4.78, 5) is 21.5. The van der Waals surface area contributed by atoms with Crippen molar-refractivity contribution < 1.29 is 4.79 Å². The van der Waals surface area contributed by atoms with Gasteiger partial charge in [0.15, 0.2) is 5.16 Å². The van der Waals surface area contributed by atoms with E-state index in [1.807, 2.05) is 37.4 Å². The highest BCUT2D eigenvalue weighted by molar-refractivity contribution is 8.00. The molecule has 0 spiro atoms. The van der Waals surface area contributed by atoms with Gasteiger partial charge in [0, 0.05) is 17.3 Å². The number of anilines is 1. The van der Waals surface area contributed by atoms with Crippen LogP contribution in [-0.2, 0) is 4.79 Å². The number of aromatic nitrogens is 2. The molecule has 0 bridgehead atoms. The fraction of sp³-hybridized carbons (Fsp3) is 0.214. The number of nitrogens with zero attached hydrogens (tertiary/aromatic N) is 2. The first-order valence-corrected chi connectivity index (χ1v) is 8.18. The van der Waals surface area contributed by atoms with E-state index in [-0.39, 0.29) is 11.2 Å². The van der Waals surface area contributed by atoms with Crippen LogP contribution in [-0.4, -0.2) is 27.4 Å². The molecule has 1 atom stereocenters. The lowest BCUT2D eigenvalue weighted by Crippen LogP contribution is -2.22. The molecule has 2 aromatic rings. The summed E-state index contributed by atoms with van der Waals surface area (Å²) in [6, 6.07) is 9.51. The predicted molar refractivity (Wildman–Crippen MR) is 84.2 cm³/mol. The maximum absolute atomic E-state index is 12.2. The largest absolute Gasteiger partial charge is 0.324 e. The zero-order valence-corrected chi connectivity index (χ0v) is 12.9. The lowest BCUT2D eigenvalue weighted by molar-refractivity contribution is -0.115. The van der Waals surface area contributed by atoms with Crippen LogP contribution in [0.5, 0.6) is 0 Å². The summed E-state index contributed by atoms with van der Waals surface area (Å²) in [5.41, 5.74) is 0.839. The second kappa shape index (κ2) is 7.31. The number of para-hydroxylation sites is 1. The molecule has 0 aliphatic rings. The molecule has 0 saturated carbocycles. The first kappa shape index (κ1) is 14.9. The molecule has 0 aliphatic carbocycles. The third-order valence-electron chi connectivity index (χ3n) is 2.56. The van der Waals surface area contributed by atoms with Crippen molar-refractivity contribution in [1.29, 1.82) is 0 Å². The Balaban J connectivity index is 2.01. The molecule has 0 saturated heterocycles. The van der Waals surface area contributed by atoms with E-state index in [4.69, 9.17) is 0 Å². The maximum atomic E-state index is 12.2. The third kappa shape index (κ3) is 3.98. The average Bonchev–Trinajstić information content (AvgIpc) is 2.48. The molecule has 2 rings (SSSR count). The zero-order valence-electron chi connectivity index (χ0n) is 11.2. The molecule has 6 heteroatoms. The van der Waals surface area contributed by atoms with Crippen LogP contribution in [0.25, 0.3) is 0 Å². The maximum Gasteiger partial charge on any atom is 0.237 e. The first-order valence-electron chi connectivity index (χ1n) is 6.08. The Kier molecular flexibility index (Phi) is 5.43. The van der Waals surface area contributed by atoms with E-state index in [0.29, 0.717) is 5.16 Å². The number of rotatable bonds is 5. The summed E-state index contributed by atoms with van der Waals surface area (Å²) in [5.74, 6) is -0.0519. The number of carbonyl (C=O) groups is 1. The summed E-state index contributed by atoms with van der Waals surface area (Å²) in [6.45, 7) is 1.85. The van der Waals surface area contributed by atoms with Gasteiger partial charge in [-0.15, -0.1) is 11.8 Å². The van der Waals surface area contributed by atoms with Gasteiger partial charge >= 0.3 is 0 Å². The molecular weight excluding hydrogens is 290 g/mol. The minimum absolute atomic E-state index is 0.0519. The quantitative estimate of drug-likeness (QED) is 0.678. The normalized spacial score (nSPS) is 11.9. The minimum Gasteiger partial charge on any atom is -0.324 e. The summed E-state index contributed by atoms with van der Waals surface area (Å²) in [5, 5.41) is 3.29. The summed E-state index contributed by atoms with van der Waals surface area (Å²) < 4.78 is 0. The zero-order chi connectivity index (χ0) is 14.4. The van der Waals surface area contributed by atoms with E-state index < -0.39 is 0 Å². The lowest BCUT2D eigenvalue weighted by Gasteiger charge is -2.13. The number of hydrogen-bond donors (Lipinski definition) is 1. The summed E-state index contributed by atoms with van der Waals surface area (Å²) >= 11 is 2.95. The standard InChI is InChI=1S/C14H15N3OS2/c1-10(20-14-15-8-5-9-16-14)13(18)17-11-6-3-4-7-12(11)19-2/h3-10H,1-2H3,(H,17,18). The molecule has 20 heavy (non-hydrogen) atoms. The highest BCUT2D eigenvalue weighted by Gasteiger charge is 2.16. The fourth-order valence-corrected chi connectivity index (χ4v) is 2.82. The Morgan fingerprint density at radius 2 is 1.90 bits per heavy atom. The van der Waals surface area contributed by atoms with Crippen molar-refractivity contribution in [3.05, 3.63) is 42.7 Å². The Labute approximate surface area is 126 Å². The van der Waals surface area contributed by atoms with Crippen LogP contribution < -0.4 is 5.32 Å². The SMILES string of the molecule is CSc1ccccc1NC(=O)C(C)Sc1ncccn1. The average molecular weight is 305 g/mol. The van der Waals surface area contributed by atoms with Crippen LogP contribution >= 0.6 is 23.5 Å². The summed E-state index contributed by atoms with van der Waals surface area (Å²) in [6.07, 6.45) is 5.33. The number of carbonyl (C=O) groups excluding carboxylic acids is 1. The van der Waals surface area contributed by atoms with E-state index >= 15 is 0 Å². The third-order valence-corrected chi connectivity index (χ3v) is 4.34.